The molecule has 0 radical (unpaired) electrons. The first-order valence-corrected chi connectivity index (χ1v) is 6.94. The average Bonchev–Trinajstić information content (AvgIpc) is 2.73. The summed E-state index contributed by atoms with van der Waals surface area (Å²) in [6, 6.07) is 0.583. The van der Waals surface area contributed by atoms with Crippen molar-refractivity contribution in [2.45, 2.75) is 39.3 Å². The van der Waals surface area contributed by atoms with E-state index in [0.29, 0.717) is 11.5 Å². The van der Waals surface area contributed by atoms with Gasteiger partial charge in [-0.15, -0.1) is 11.3 Å². The molecule has 1 aromatic rings. The molecule has 4 heteroatoms. The highest BCUT2D eigenvalue weighted by Crippen LogP contribution is 2.29. The largest absolute Gasteiger partial charge is 0.312 e. The van der Waals surface area contributed by atoms with Crippen LogP contribution in [0.3, 0.4) is 0 Å². The van der Waals surface area contributed by atoms with E-state index in [1.807, 2.05) is 5.51 Å². The van der Waals surface area contributed by atoms with Crippen molar-refractivity contribution in [1.82, 2.24) is 15.6 Å². The molecular weight excluding hydrogens is 218 g/mol. The Morgan fingerprint density at radius 1 is 1.62 bits per heavy atom. The molecule has 0 spiro atoms. The molecule has 2 rings (SSSR count). The normalized spacial score (nSPS) is 24.5. The van der Waals surface area contributed by atoms with Crippen molar-refractivity contribution in [3.8, 4) is 0 Å². The summed E-state index contributed by atoms with van der Waals surface area (Å²) in [5.41, 5.74) is 3.45. The van der Waals surface area contributed by atoms with Gasteiger partial charge in [0, 0.05) is 24.5 Å². The van der Waals surface area contributed by atoms with E-state index in [1.54, 1.807) is 11.3 Å². The fraction of sp³-hybridized carbons (Fsp3) is 0.750. The number of hydrogen-bond acceptors (Lipinski definition) is 4. The van der Waals surface area contributed by atoms with Crippen molar-refractivity contribution in [3.63, 3.8) is 0 Å². The minimum absolute atomic E-state index is 0.410. The number of nitrogens with one attached hydrogen (secondary N) is 2. The van der Waals surface area contributed by atoms with Crippen LogP contribution in [0.4, 0.5) is 0 Å². The number of aromatic nitrogens is 1. The minimum Gasteiger partial charge on any atom is -0.312 e. The Morgan fingerprint density at radius 3 is 3.19 bits per heavy atom. The highest BCUT2D eigenvalue weighted by atomic mass is 32.1. The molecule has 1 fully saturated rings. The molecule has 1 atom stereocenters. The zero-order valence-electron chi connectivity index (χ0n) is 10.1. The first-order chi connectivity index (χ1) is 7.68. The molecule has 3 nitrogen and oxygen atoms in total. The smallest absolute Gasteiger partial charge is 0.0795 e. The molecular formula is C12H21N3S. The molecule has 1 aliphatic heterocycles. The van der Waals surface area contributed by atoms with Crippen molar-refractivity contribution in [3.05, 3.63) is 16.6 Å². The first-order valence-electron chi connectivity index (χ1n) is 6.00. The Labute approximate surface area is 102 Å². The summed E-state index contributed by atoms with van der Waals surface area (Å²) in [4.78, 5) is 4.27. The lowest BCUT2D eigenvalue weighted by Crippen LogP contribution is -2.51. The summed E-state index contributed by atoms with van der Waals surface area (Å²) in [5.74, 6) is 0. The van der Waals surface area contributed by atoms with Crippen LogP contribution in [0, 0.1) is 5.41 Å². The van der Waals surface area contributed by atoms with Crippen LogP contribution in [0.15, 0.2) is 10.9 Å². The van der Waals surface area contributed by atoms with E-state index in [4.69, 9.17) is 0 Å². The number of nitrogens with zero attached hydrogens (tertiary/aromatic N) is 1. The third-order valence-corrected chi connectivity index (χ3v) is 4.11. The van der Waals surface area contributed by atoms with Gasteiger partial charge < -0.3 is 10.6 Å². The first kappa shape index (κ1) is 12.0. The summed E-state index contributed by atoms with van der Waals surface area (Å²) in [6.45, 7) is 7.79. The summed E-state index contributed by atoms with van der Waals surface area (Å²) in [6.07, 6.45) is 2.62. The predicted molar refractivity (Wildman–Crippen MR) is 68.6 cm³/mol. The van der Waals surface area contributed by atoms with Gasteiger partial charge in [0.15, 0.2) is 0 Å². The van der Waals surface area contributed by atoms with Crippen LogP contribution >= 0.6 is 11.3 Å². The van der Waals surface area contributed by atoms with E-state index in [0.717, 1.165) is 25.3 Å². The molecule has 0 bridgehead atoms. The van der Waals surface area contributed by atoms with E-state index < -0.39 is 0 Å². The summed E-state index contributed by atoms with van der Waals surface area (Å²) < 4.78 is 0. The second-order valence-electron chi connectivity index (χ2n) is 5.21. The van der Waals surface area contributed by atoms with Crippen molar-refractivity contribution in [2.75, 3.05) is 13.1 Å². The molecule has 0 saturated carbocycles. The van der Waals surface area contributed by atoms with Gasteiger partial charge in [-0.2, -0.15) is 0 Å². The molecule has 90 valence electrons. The Kier molecular flexibility index (Phi) is 3.95. The Morgan fingerprint density at radius 2 is 2.50 bits per heavy atom. The van der Waals surface area contributed by atoms with Crippen molar-refractivity contribution in [1.29, 1.82) is 0 Å². The molecule has 1 unspecified atom stereocenters. The maximum atomic E-state index is 4.27. The number of rotatable bonds is 4. The monoisotopic (exact) mass is 239 g/mol. The van der Waals surface area contributed by atoms with Crippen LogP contribution < -0.4 is 10.6 Å². The highest BCUT2D eigenvalue weighted by molar-refractivity contribution is 7.07. The van der Waals surface area contributed by atoms with E-state index >= 15 is 0 Å². The zero-order chi connectivity index (χ0) is 11.4. The standard InChI is InChI=1S/C12H21N3S/c1-12(2)4-3-5-14-11(12)7-13-6-10-8-16-9-15-10/h8-9,11,13-14H,3-7H2,1-2H3. The van der Waals surface area contributed by atoms with Crippen molar-refractivity contribution in [2.24, 2.45) is 5.41 Å². The van der Waals surface area contributed by atoms with Crippen LogP contribution in [0.5, 0.6) is 0 Å². The second-order valence-corrected chi connectivity index (χ2v) is 5.93. The predicted octanol–water partition coefficient (Wildman–Crippen LogP) is 2.01. The number of thiazole rings is 1. The molecule has 0 aliphatic carbocycles. The fourth-order valence-electron chi connectivity index (χ4n) is 2.29. The summed E-state index contributed by atoms with van der Waals surface area (Å²) in [7, 11) is 0. The second kappa shape index (κ2) is 5.25. The van der Waals surface area contributed by atoms with Gasteiger partial charge in [-0.25, -0.2) is 4.98 Å². The molecule has 1 saturated heterocycles. The lowest BCUT2D eigenvalue weighted by molar-refractivity contribution is 0.176. The van der Waals surface area contributed by atoms with Gasteiger partial charge >= 0.3 is 0 Å². The van der Waals surface area contributed by atoms with Crippen LogP contribution in [0.25, 0.3) is 0 Å². The quantitative estimate of drug-likeness (QED) is 0.844. The number of hydrogen-bond donors (Lipinski definition) is 2. The van der Waals surface area contributed by atoms with Gasteiger partial charge in [0.25, 0.3) is 0 Å². The van der Waals surface area contributed by atoms with Gasteiger partial charge in [0.2, 0.25) is 0 Å². The molecule has 0 amide bonds. The maximum absolute atomic E-state index is 4.27. The fourth-order valence-corrected chi connectivity index (χ4v) is 2.85. The summed E-state index contributed by atoms with van der Waals surface area (Å²) >= 11 is 1.66. The van der Waals surface area contributed by atoms with Crippen molar-refractivity contribution >= 4 is 11.3 Å². The topological polar surface area (TPSA) is 37.0 Å². The van der Waals surface area contributed by atoms with Gasteiger partial charge in [-0.3, -0.25) is 0 Å². The van der Waals surface area contributed by atoms with Gasteiger partial charge in [0.1, 0.15) is 0 Å². The minimum atomic E-state index is 0.410. The zero-order valence-corrected chi connectivity index (χ0v) is 10.9. The molecule has 16 heavy (non-hydrogen) atoms. The van der Waals surface area contributed by atoms with Crippen molar-refractivity contribution < 1.29 is 0 Å². The van der Waals surface area contributed by atoms with E-state index in [2.05, 4.69) is 34.8 Å². The maximum Gasteiger partial charge on any atom is 0.0795 e. The highest BCUT2D eigenvalue weighted by Gasteiger charge is 2.31. The Hall–Kier alpha value is -0.450. The third-order valence-electron chi connectivity index (χ3n) is 3.47. The van der Waals surface area contributed by atoms with E-state index in [1.165, 1.54) is 12.8 Å². The van der Waals surface area contributed by atoms with E-state index in [9.17, 15) is 0 Å². The SMILES string of the molecule is CC1(C)CCCNC1CNCc1cscn1. The lowest BCUT2D eigenvalue weighted by atomic mass is 9.77. The van der Waals surface area contributed by atoms with Gasteiger partial charge in [0.05, 0.1) is 11.2 Å². The molecule has 2 heterocycles. The van der Waals surface area contributed by atoms with Gasteiger partial charge in [-0.05, 0) is 24.8 Å². The average molecular weight is 239 g/mol. The summed E-state index contributed by atoms with van der Waals surface area (Å²) in [5, 5.41) is 9.21. The lowest BCUT2D eigenvalue weighted by Gasteiger charge is -2.39. The Bertz CT molecular complexity index is 308. The van der Waals surface area contributed by atoms with Crippen LogP contribution in [0.1, 0.15) is 32.4 Å². The third kappa shape index (κ3) is 3.03. The van der Waals surface area contributed by atoms with E-state index in [-0.39, 0.29) is 0 Å². The van der Waals surface area contributed by atoms with Gasteiger partial charge in [-0.1, -0.05) is 13.8 Å². The van der Waals surface area contributed by atoms with Crippen LogP contribution in [-0.2, 0) is 6.54 Å². The molecule has 1 aromatic heterocycles. The number of piperidine rings is 1. The Balaban J connectivity index is 1.76. The molecule has 0 aromatic carbocycles. The molecule has 1 aliphatic rings. The molecule has 2 N–H and O–H groups in total. The van der Waals surface area contributed by atoms with Crippen LogP contribution in [-0.4, -0.2) is 24.1 Å². The van der Waals surface area contributed by atoms with Crippen LogP contribution in [0.2, 0.25) is 0 Å².